The number of terminal acetylenes is 2. The molecule has 1 nitrogen and oxygen atoms in total. The molecule has 0 radical (unpaired) electrons. The van der Waals surface area contributed by atoms with Gasteiger partial charge in [-0.25, -0.2) is 0 Å². The lowest BCUT2D eigenvalue weighted by atomic mass is 10.5. The van der Waals surface area contributed by atoms with Crippen LogP contribution in [0.4, 0.5) is 0 Å². The summed E-state index contributed by atoms with van der Waals surface area (Å²) in [6, 6.07) is 3.80. The molecule has 0 saturated heterocycles. The fourth-order valence-corrected chi connectivity index (χ4v) is 2.05. The normalized spacial score (nSPS) is 9.92. The zero-order chi connectivity index (χ0) is 9.03. The van der Waals surface area contributed by atoms with E-state index in [0.717, 1.165) is 5.19 Å². The highest BCUT2D eigenvalue weighted by Crippen LogP contribution is 1.98. The van der Waals surface area contributed by atoms with Crippen LogP contribution in [-0.2, 0) is 0 Å². The van der Waals surface area contributed by atoms with E-state index in [1.165, 1.54) is 0 Å². The SMILES string of the molecule is C#C[Si](C)(C#C)c1cccnc1. The highest BCUT2D eigenvalue weighted by molar-refractivity contribution is 7.03. The molecule has 0 atom stereocenters. The van der Waals surface area contributed by atoms with Crippen LogP contribution in [0.3, 0.4) is 0 Å². The maximum absolute atomic E-state index is 5.39. The van der Waals surface area contributed by atoms with Crippen LogP contribution in [0.15, 0.2) is 24.5 Å². The molecule has 0 spiro atoms. The summed E-state index contributed by atoms with van der Waals surface area (Å²) in [7, 11) is -2.08. The first kappa shape index (κ1) is 8.58. The van der Waals surface area contributed by atoms with E-state index < -0.39 is 8.07 Å². The van der Waals surface area contributed by atoms with Crippen molar-refractivity contribution in [3.63, 3.8) is 0 Å². The van der Waals surface area contributed by atoms with Crippen LogP contribution in [0, 0.1) is 23.9 Å². The molecule has 58 valence electrons. The van der Waals surface area contributed by atoms with Crippen LogP contribution in [0.5, 0.6) is 0 Å². The summed E-state index contributed by atoms with van der Waals surface area (Å²) in [5.74, 6) is 0. The lowest BCUT2D eigenvalue weighted by Crippen LogP contribution is -2.42. The van der Waals surface area contributed by atoms with Crippen molar-refractivity contribution in [3.05, 3.63) is 24.5 Å². The zero-order valence-electron chi connectivity index (χ0n) is 6.91. The molecule has 0 N–H and O–H groups in total. The number of rotatable bonds is 1. The van der Waals surface area contributed by atoms with Crippen molar-refractivity contribution in [2.24, 2.45) is 0 Å². The lowest BCUT2D eigenvalue weighted by molar-refractivity contribution is 1.35. The minimum atomic E-state index is -2.08. The maximum Gasteiger partial charge on any atom is 0.243 e. The Morgan fingerprint density at radius 3 is 2.50 bits per heavy atom. The molecule has 1 heterocycles. The number of hydrogen-bond acceptors (Lipinski definition) is 1. The number of nitrogens with zero attached hydrogens (tertiary/aromatic N) is 1. The predicted molar refractivity (Wildman–Crippen MR) is 53.2 cm³/mol. The van der Waals surface area contributed by atoms with E-state index in [9.17, 15) is 0 Å². The molecular weight excluding hydrogens is 162 g/mol. The smallest absolute Gasteiger partial charge is 0.243 e. The van der Waals surface area contributed by atoms with Crippen LogP contribution < -0.4 is 5.19 Å². The van der Waals surface area contributed by atoms with Crippen LogP contribution in [0.1, 0.15) is 0 Å². The van der Waals surface area contributed by atoms with Gasteiger partial charge in [-0.05, 0) is 17.8 Å². The van der Waals surface area contributed by atoms with Crippen molar-refractivity contribution in [2.75, 3.05) is 0 Å². The molecule has 0 fully saturated rings. The van der Waals surface area contributed by atoms with Gasteiger partial charge in [-0.2, -0.15) is 0 Å². The Kier molecular flexibility index (Phi) is 2.33. The van der Waals surface area contributed by atoms with Crippen LogP contribution in [-0.4, -0.2) is 13.1 Å². The van der Waals surface area contributed by atoms with E-state index in [0.29, 0.717) is 0 Å². The largest absolute Gasteiger partial charge is 0.265 e. The third-order valence-electron chi connectivity index (χ3n) is 1.82. The molecule has 1 aromatic heterocycles. The molecule has 0 aliphatic rings. The van der Waals surface area contributed by atoms with Crippen molar-refractivity contribution in [3.8, 4) is 23.9 Å². The van der Waals surface area contributed by atoms with Gasteiger partial charge >= 0.3 is 0 Å². The number of hydrogen-bond donors (Lipinski definition) is 0. The van der Waals surface area contributed by atoms with Crippen molar-refractivity contribution in [1.82, 2.24) is 4.98 Å². The van der Waals surface area contributed by atoms with Crippen molar-refractivity contribution in [2.45, 2.75) is 6.55 Å². The minimum absolute atomic E-state index is 1.02. The van der Waals surface area contributed by atoms with Gasteiger partial charge in [0, 0.05) is 12.4 Å². The minimum Gasteiger partial charge on any atom is -0.265 e. The molecule has 0 aromatic carbocycles. The van der Waals surface area contributed by atoms with Crippen LogP contribution in [0.25, 0.3) is 0 Å². The highest BCUT2D eigenvalue weighted by Gasteiger charge is 2.24. The molecule has 12 heavy (non-hydrogen) atoms. The van der Waals surface area contributed by atoms with E-state index in [4.69, 9.17) is 12.8 Å². The van der Waals surface area contributed by atoms with Gasteiger partial charge in [-0.1, -0.05) is 6.07 Å². The van der Waals surface area contributed by atoms with Gasteiger partial charge in [-0.3, -0.25) is 4.98 Å². The Morgan fingerprint density at radius 2 is 2.08 bits per heavy atom. The van der Waals surface area contributed by atoms with Crippen molar-refractivity contribution >= 4 is 13.3 Å². The molecule has 0 aliphatic carbocycles. The third kappa shape index (κ3) is 1.39. The Labute approximate surface area is 73.9 Å². The summed E-state index contributed by atoms with van der Waals surface area (Å²) in [5.41, 5.74) is 5.41. The first-order chi connectivity index (χ1) is 5.73. The summed E-state index contributed by atoms with van der Waals surface area (Å²) in [6.45, 7) is 1.96. The Morgan fingerprint density at radius 1 is 1.42 bits per heavy atom. The second-order valence-electron chi connectivity index (χ2n) is 2.66. The second kappa shape index (κ2) is 3.26. The summed E-state index contributed by atoms with van der Waals surface area (Å²) < 4.78 is 0. The van der Waals surface area contributed by atoms with Gasteiger partial charge in [0.1, 0.15) is 0 Å². The van der Waals surface area contributed by atoms with E-state index >= 15 is 0 Å². The molecule has 1 aromatic rings. The van der Waals surface area contributed by atoms with Crippen LogP contribution >= 0.6 is 0 Å². The van der Waals surface area contributed by atoms with E-state index in [-0.39, 0.29) is 0 Å². The molecule has 1 rings (SSSR count). The molecular formula is C10H9NSi. The quantitative estimate of drug-likeness (QED) is 0.448. The summed E-state index contributed by atoms with van der Waals surface area (Å²) in [6.07, 6.45) is 14.3. The Balaban J connectivity index is 3.17. The van der Waals surface area contributed by atoms with Gasteiger partial charge in [0.2, 0.25) is 8.07 Å². The predicted octanol–water partition coefficient (Wildman–Crippen LogP) is 0.712. The van der Waals surface area contributed by atoms with E-state index in [1.807, 2.05) is 18.7 Å². The monoisotopic (exact) mass is 171 g/mol. The van der Waals surface area contributed by atoms with Gasteiger partial charge in [0.05, 0.1) is 0 Å². The first-order valence-corrected chi connectivity index (χ1v) is 6.09. The average Bonchev–Trinajstić information content (AvgIpc) is 2.18. The fourth-order valence-electron chi connectivity index (χ4n) is 0.867. The highest BCUT2D eigenvalue weighted by atomic mass is 28.3. The zero-order valence-corrected chi connectivity index (χ0v) is 7.91. The maximum atomic E-state index is 5.39. The molecule has 0 aliphatic heterocycles. The number of aromatic nitrogens is 1. The standard InChI is InChI=1S/C10H9NSi/c1-4-12(3,5-2)10-7-6-8-11-9-10/h1-2,6-9H,3H3. The summed E-state index contributed by atoms with van der Waals surface area (Å²) >= 11 is 0. The molecule has 0 saturated carbocycles. The molecule has 0 unspecified atom stereocenters. The topological polar surface area (TPSA) is 12.9 Å². The first-order valence-electron chi connectivity index (χ1n) is 3.59. The lowest BCUT2D eigenvalue weighted by Gasteiger charge is -2.12. The van der Waals surface area contributed by atoms with Gasteiger partial charge < -0.3 is 0 Å². The number of pyridine rings is 1. The van der Waals surface area contributed by atoms with Crippen LogP contribution in [0.2, 0.25) is 6.55 Å². The average molecular weight is 171 g/mol. The Bertz CT molecular complexity index is 328. The van der Waals surface area contributed by atoms with Crippen molar-refractivity contribution < 1.29 is 0 Å². The van der Waals surface area contributed by atoms with Gasteiger partial charge in [0.25, 0.3) is 0 Å². The molecule has 2 heteroatoms. The van der Waals surface area contributed by atoms with Gasteiger partial charge in [-0.15, -0.1) is 23.9 Å². The molecule has 0 amide bonds. The van der Waals surface area contributed by atoms with Gasteiger partial charge in [0.15, 0.2) is 0 Å². The fraction of sp³-hybridized carbons (Fsp3) is 0.100. The summed E-state index contributed by atoms with van der Waals surface area (Å²) in [5, 5.41) is 1.02. The second-order valence-corrected chi connectivity index (χ2v) is 6.06. The van der Waals surface area contributed by atoms with E-state index in [2.05, 4.69) is 16.1 Å². The van der Waals surface area contributed by atoms with Crippen molar-refractivity contribution in [1.29, 1.82) is 0 Å². The summed E-state index contributed by atoms with van der Waals surface area (Å²) in [4.78, 5) is 3.99. The third-order valence-corrected chi connectivity index (χ3v) is 4.42. The Hall–Kier alpha value is -1.51. The molecule has 0 bridgehead atoms. The van der Waals surface area contributed by atoms with E-state index in [1.54, 1.807) is 12.4 Å².